The molecule has 0 aromatic heterocycles. The van der Waals surface area contributed by atoms with Crippen LogP contribution in [0, 0.1) is 0 Å². The minimum atomic E-state index is -5.25. The fraction of sp³-hybridized carbons (Fsp3) is 0.262. The van der Waals surface area contributed by atoms with Crippen LogP contribution in [0.3, 0.4) is 0 Å². The van der Waals surface area contributed by atoms with Crippen molar-refractivity contribution >= 4 is 150 Å². The van der Waals surface area contributed by atoms with Crippen LogP contribution in [0.15, 0.2) is 243 Å². The quantitative estimate of drug-likeness (QED) is 0.0675. The average molecular weight is 1530 g/mol. The van der Waals surface area contributed by atoms with Crippen LogP contribution in [0.2, 0.25) is 23.4 Å². The van der Waals surface area contributed by atoms with E-state index in [0.717, 1.165) is 66.9 Å². The van der Waals surface area contributed by atoms with E-state index < -0.39 is 108 Å². The van der Waals surface area contributed by atoms with Crippen molar-refractivity contribution in [2.45, 2.75) is 102 Å². The van der Waals surface area contributed by atoms with E-state index in [0.29, 0.717) is 43.7 Å². The molecule has 6 saturated heterocycles. The third-order valence-corrected chi connectivity index (χ3v) is 87.4. The molecule has 0 radical (unpaired) electrons. The Labute approximate surface area is 538 Å². The zero-order valence-corrected chi connectivity index (χ0v) is 64.3. The molecule has 88 heavy (non-hydrogen) atoms. The van der Waals surface area contributed by atoms with Gasteiger partial charge in [-0.1, -0.05) is 0 Å². The molecule has 13 nitrogen and oxygen atoms in total. The molecule has 6 fully saturated rings. The Hall–Kier alpha value is -3.43. The summed E-state index contributed by atoms with van der Waals surface area (Å²) >= 11 is -10.4. The van der Waals surface area contributed by atoms with Gasteiger partial charge in [0.05, 0.1) is 0 Å². The maximum atomic E-state index is 9.03. The second kappa shape index (κ2) is 26.5. The molecule has 6 aliphatic rings. The van der Waals surface area contributed by atoms with Gasteiger partial charge in [-0.05, 0) is 0 Å². The van der Waals surface area contributed by atoms with E-state index in [4.69, 9.17) is 48.1 Å². The third kappa shape index (κ3) is 12.2. The van der Waals surface area contributed by atoms with Crippen LogP contribution in [-0.2, 0) is 48.1 Å². The van der Waals surface area contributed by atoms with Gasteiger partial charge < -0.3 is 0 Å². The van der Waals surface area contributed by atoms with Gasteiger partial charge in [-0.2, -0.15) is 0 Å². The zero-order chi connectivity index (χ0) is 60.3. The molecule has 0 amide bonds. The maximum absolute atomic E-state index is 9.03. The molecule has 8 atom stereocenters. The molecule has 8 unspecified atom stereocenters. The van der Waals surface area contributed by atoms with Crippen LogP contribution in [-0.4, -0.2) is 108 Å². The molecule has 8 aromatic carbocycles. The number of unbranched alkanes of at least 4 members (excludes halogenated alkanes) is 4. The summed E-state index contributed by atoms with van der Waals surface area (Å²) in [5, 5.41) is 5.75. The van der Waals surface area contributed by atoms with Crippen LogP contribution in [0.1, 0.15) is 79.1 Å². The topological polar surface area (TPSA) is 120 Å². The monoisotopic (exact) mass is 1530 g/mol. The number of hydrogen-bond donors (Lipinski definition) is 0. The summed E-state index contributed by atoms with van der Waals surface area (Å²) in [6.07, 6.45) is 6.72. The Kier molecular flexibility index (Phi) is 19.1. The van der Waals surface area contributed by atoms with Gasteiger partial charge in [0, 0.05) is 0 Å². The first-order valence-corrected chi connectivity index (χ1v) is 58.7. The Bertz CT molecular complexity index is 3080. The van der Waals surface area contributed by atoms with Crippen molar-refractivity contribution in [3.8, 4) is 0 Å². The molecule has 8 aromatic rings. The van der Waals surface area contributed by atoms with E-state index in [1.54, 1.807) is 0 Å². The molecule has 6 heterocycles. The fourth-order valence-corrected chi connectivity index (χ4v) is 111. The van der Waals surface area contributed by atoms with Crippen LogP contribution < -0.4 is 41.5 Å². The fourth-order valence-electron chi connectivity index (χ4n) is 12.8. The molecule has 0 N–H and O–H groups in total. The predicted octanol–water partition coefficient (Wildman–Crippen LogP) is 9.67. The second-order valence-electron chi connectivity index (χ2n) is 23.5. The number of rotatable bonds is 20. The van der Waals surface area contributed by atoms with Crippen molar-refractivity contribution in [2.75, 3.05) is 0 Å². The van der Waals surface area contributed by atoms with Gasteiger partial charge in [-0.3, -0.25) is 0 Å². The first-order valence-electron chi connectivity index (χ1n) is 31.5. The minimum absolute atomic E-state index is 0.135. The summed E-state index contributed by atoms with van der Waals surface area (Å²) in [6.45, 7) is 8.94. The van der Waals surface area contributed by atoms with E-state index in [2.05, 4.69) is 167 Å². The molecule has 6 aliphatic heterocycles. The van der Waals surface area contributed by atoms with Crippen molar-refractivity contribution in [2.24, 2.45) is 0 Å². The van der Waals surface area contributed by atoms with Crippen LogP contribution in [0.5, 0.6) is 0 Å². The Morgan fingerprint density at radius 3 is 0.739 bits per heavy atom. The van der Waals surface area contributed by atoms with Crippen molar-refractivity contribution in [1.29, 1.82) is 0 Å². The molecular formula is C65H78O13Si8Sn2. The van der Waals surface area contributed by atoms with E-state index in [1.807, 2.05) is 103 Å². The summed E-state index contributed by atoms with van der Waals surface area (Å²) in [5.74, 6) is 0. The normalized spacial score (nSPS) is 30.5. The van der Waals surface area contributed by atoms with Crippen LogP contribution >= 0.6 is 0 Å². The zero-order valence-electron chi connectivity index (χ0n) is 50.6. The molecule has 456 valence electrons. The summed E-state index contributed by atoms with van der Waals surface area (Å²) in [5.41, 5.74) is 0.135. The molecular weight excluding hydrogens is 1450 g/mol. The van der Waals surface area contributed by atoms with Crippen LogP contribution in [0.4, 0.5) is 0 Å². The van der Waals surface area contributed by atoms with Crippen molar-refractivity contribution in [3.05, 3.63) is 243 Å². The SMILES string of the molecule is CCC[CH2][Sn]1([CH2]CCC)[O][Si]2(c3ccccc3)C[Si]3(c4ccccc4)O[Si]4(c5ccccc5)O[Si](c5ccccc5)(O[Si]5(c6ccccc6)O[Si](c6ccccc6)(O2)O[Si](c2ccccc2)(O3)[O][Sn]([CH2]CCC)([CH2]CCC)[O][Si](c2ccccc2)(O4)O5)[O]1. The molecule has 8 bridgehead atoms. The van der Waals surface area contributed by atoms with Crippen LogP contribution in [0.25, 0.3) is 0 Å². The molecule has 14 rings (SSSR count). The first kappa shape index (κ1) is 63.3. The molecule has 0 aliphatic carbocycles. The first-order chi connectivity index (χ1) is 43.0. The summed E-state index contributed by atoms with van der Waals surface area (Å²) in [6, 6.07) is 82.5. The van der Waals surface area contributed by atoms with Gasteiger partial charge >= 0.3 is 543 Å². The van der Waals surface area contributed by atoms with E-state index in [-0.39, 0.29) is 5.67 Å². The van der Waals surface area contributed by atoms with Gasteiger partial charge in [0.2, 0.25) is 0 Å². The van der Waals surface area contributed by atoms with Gasteiger partial charge in [-0.15, -0.1) is 0 Å². The summed E-state index contributed by atoms with van der Waals surface area (Å²) in [7, 11) is -38.8. The number of fused-ring (bicyclic) bond motifs is 4. The van der Waals surface area contributed by atoms with E-state index >= 15 is 0 Å². The van der Waals surface area contributed by atoms with E-state index in [9.17, 15) is 0 Å². The third-order valence-electron chi connectivity index (χ3n) is 17.1. The standard InChI is InChI=1S/C49H42O13Si8.4C4H9.2Sn/c50-63(42-25-9-1-10-26-42)41-64(43-27-11-2-12-28-43)55-65(51,44-29-13-3-14-30-44)57-68(54-63,47-35-19-6-20-36-47)62-70(49-39-23-8-24-40-49)60-66(52,45-31-15-4-16-32-45)58-69(56-64,48-37-21-7-22-38-48)59-67(53,61-70)46-33-17-5-18-34-46;4*1-3-4-2;;/h1-40H,41H2;4*1,3-4H2,2H3;;/q-4;;;;;2*+2. The molecule has 0 saturated carbocycles. The number of benzene rings is 8. The summed E-state index contributed by atoms with van der Waals surface area (Å²) < 4.78 is 118. The van der Waals surface area contributed by atoms with Gasteiger partial charge in [0.1, 0.15) is 0 Å². The van der Waals surface area contributed by atoms with Gasteiger partial charge in [-0.25, -0.2) is 0 Å². The number of hydrogen-bond acceptors (Lipinski definition) is 13. The van der Waals surface area contributed by atoms with Crippen molar-refractivity contribution < 1.29 is 48.1 Å². The Morgan fingerprint density at radius 1 is 0.239 bits per heavy atom. The van der Waals surface area contributed by atoms with E-state index in [1.165, 1.54) is 0 Å². The summed E-state index contributed by atoms with van der Waals surface area (Å²) in [4.78, 5) is 0. The second-order valence-corrected chi connectivity index (χ2v) is 70.5. The van der Waals surface area contributed by atoms with Crippen molar-refractivity contribution in [1.82, 2.24) is 0 Å². The predicted molar refractivity (Wildman–Crippen MR) is 364 cm³/mol. The van der Waals surface area contributed by atoms with Gasteiger partial charge in [0.15, 0.2) is 0 Å². The Morgan fingerprint density at radius 2 is 0.443 bits per heavy atom. The van der Waals surface area contributed by atoms with Gasteiger partial charge in [0.25, 0.3) is 0 Å². The van der Waals surface area contributed by atoms with Crippen molar-refractivity contribution in [3.63, 3.8) is 0 Å². The molecule has 23 heteroatoms. The molecule has 0 spiro atoms. The average Bonchev–Trinajstić information content (AvgIpc) is 0.706. The Balaban J connectivity index is 1.34.